The van der Waals surface area contributed by atoms with Gasteiger partial charge in [0.15, 0.2) is 0 Å². The topological polar surface area (TPSA) is 107 Å². The molecule has 0 saturated carbocycles. The number of nitro groups is 1. The summed E-state index contributed by atoms with van der Waals surface area (Å²) in [6.07, 6.45) is 1.50. The van der Waals surface area contributed by atoms with E-state index in [0.29, 0.717) is 32.2 Å². The van der Waals surface area contributed by atoms with Crippen LogP contribution >= 0.6 is 0 Å². The van der Waals surface area contributed by atoms with Crippen molar-refractivity contribution < 1.29 is 18.8 Å². The Morgan fingerprint density at radius 1 is 1.48 bits per heavy atom. The summed E-state index contributed by atoms with van der Waals surface area (Å²) in [5, 5.41) is 13.2. The number of nitro benzene ring substituents is 1. The van der Waals surface area contributed by atoms with Crippen LogP contribution < -0.4 is 11.1 Å². The third-order valence-electron chi connectivity index (χ3n) is 2.66. The normalized spacial score (nSPS) is 10.4. The third-order valence-corrected chi connectivity index (χ3v) is 2.66. The maximum Gasteiger partial charge on any atom is 0.295 e. The minimum atomic E-state index is -0.882. The molecule has 1 aromatic carbocycles. The molecule has 0 saturated heterocycles. The lowest BCUT2D eigenvalue weighted by molar-refractivity contribution is -0.384. The number of amides is 1. The molecule has 8 heteroatoms. The highest BCUT2D eigenvalue weighted by Crippen LogP contribution is 2.26. The van der Waals surface area contributed by atoms with E-state index < -0.39 is 22.3 Å². The molecule has 0 heterocycles. The van der Waals surface area contributed by atoms with Gasteiger partial charge in [-0.15, -0.1) is 0 Å². The van der Waals surface area contributed by atoms with Crippen LogP contribution in [-0.4, -0.2) is 30.6 Å². The maximum atomic E-state index is 13.3. The van der Waals surface area contributed by atoms with Crippen LogP contribution in [0.25, 0.3) is 0 Å². The number of halogens is 1. The Morgan fingerprint density at radius 2 is 2.19 bits per heavy atom. The molecule has 0 unspecified atom stereocenters. The Hall–Kier alpha value is -2.22. The first-order chi connectivity index (χ1) is 9.97. The molecule has 0 aliphatic rings. The first kappa shape index (κ1) is 16.8. The van der Waals surface area contributed by atoms with Crippen LogP contribution in [-0.2, 0) is 4.74 Å². The van der Waals surface area contributed by atoms with Crippen molar-refractivity contribution in [3.05, 3.63) is 33.6 Å². The number of nitrogen functional groups attached to an aromatic ring is 1. The second-order valence-corrected chi connectivity index (χ2v) is 4.37. The highest BCUT2D eigenvalue weighted by Gasteiger charge is 2.21. The molecule has 0 aliphatic carbocycles. The molecule has 0 fully saturated rings. The minimum absolute atomic E-state index is 0.240. The van der Waals surface area contributed by atoms with Crippen LogP contribution in [0.15, 0.2) is 12.1 Å². The fourth-order valence-electron chi connectivity index (χ4n) is 1.66. The van der Waals surface area contributed by atoms with Crippen molar-refractivity contribution in [1.82, 2.24) is 5.32 Å². The van der Waals surface area contributed by atoms with Gasteiger partial charge in [-0.25, -0.2) is 4.39 Å². The zero-order valence-corrected chi connectivity index (χ0v) is 11.7. The number of rotatable bonds is 8. The van der Waals surface area contributed by atoms with Gasteiger partial charge in [0.2, 0.25) is 0 Å². The van der Waals surface area contributed by atoms with Crippen molar-refractivity contribution in [2.45, 2.75) is 19.8 Å². The number of hydrogen-bond donors (Lipinski definition) is 2. The van der Waals surface area contributed by atoms with Gasteiger partial charge in [-0.2, -0.15) is 0 Å². The lowest BCUT2D eigenvalue weighted by atomic mass is 10.1. The summed E-state index contributed by atoms with van der Waals surface area (Å²) >= 11 is 0. The van der Waals surface area contributed by atoms with Gasteiger partial charge in [-0.3, -0.25) is 14.9 Å². The zero-order valence-electron chi connectivity index (χ0n) is 11.7. The summed E-state index contributed by atoms with van der Waals surface area (Å²) in [6.45, 7) is 3.44. The Kier molecular flexibility index (Phi) is 6.54. The van der Waals surface area contributed by atoms with Crippen LogP contribution in [0.5, 0.6) is 0 Å². The summed E-state index contributed by atoms with van der Waals surface area (Å²) in [5.74, 6) is -1.53. The maximum absolute atomic E-state index is 13.3. The molecule has 21 heavy (non-hydrogen) atoms. The summed E-state index contributed by atoms with van der Waals surface area (Å²) in [7, 11) is 0. The van der Waals surface area contributed by atoms with Crippen molar-refractivity contribution in [1.29, 1.82) is 0 Å². The van der Waals surface area contributed by atoms with E-state index in [1.807, 2.05) is 6.92 Å². The standard InChI is InChI=1S/C13H18FN3O4/c1-2-5-21-6-3-4-16-13(18)10-7-9(14)8-11(12(10)15)17(19)20/h7-8H,2-6,15H2,1H3,(H,16,18). The van der Waals surface area contributed by atoms with Gasteiger partial charge in [-0.05, 0) is 18.9 Å². The number of nitrogens with two attached hydrogens (primary N) is 1. The van der Waals surface area contributed by atoms with E-state index in [9.17, 15) is 19.3 Å². The Labute approximate surface area is 121 Å². The molecule has 116 valence electrons. The molecule has 0 aliphatic heterocycles. The molecule has 0 radical (unpaired) electrons. The van der Waals surface area contributed by atoms with Crippen molar-refractivity contribution >= 4 is 17.3 Å². The van der Waals surface area contributed by atoms with Crippen LogP contribution in [0.3, 0.4) is 0 Å². The Morgan fingerprint density at radius 3 is 2.81 bits per heavy atom. The Balaban J connectivity index is 2.64. The molecule has 3 N–H and O–H groups in total. The number of benzene rings is 1. The van der Waals surface area contributed by atoms with E-state index in [0.717, 1.165) is 12.5 Å². The SMILES string of the molecule is CCCOCCCNC(=O)c1cc(F)cc([N+](=O)[O-])c1N. The van der Waals surface area contributed by atoms with E-state index >= 15 is 0 Å². The van der Waals surface area contributed by atoms with Crippen LogP contribution in [0.2, 0.25) is 0 Å². The average Bonchev–Trinajstić information content (AvgIpc) is 2.44. The van der Waals surface area contributed by atoms with Gasteiger partial charge in [-0.1, -0.05) is 6.92 Å². The van der Waals surface area contributed by atoms with E-state index in [4.69, 9.17) is 10.5 Å². The number of anilines is 1. The number of carbonyl (C=O) groups excluding carboxylic acids is 1. The van der Waals surface area contributed by atoms with Gasteiger partial charge in [0, 0.05) is 19.8 Å². The molecule has 0 spiro atoms. The van der Waals surface area contributed by atoms with Crippen molar-refractivity contribution in [2.24, 2.45) is 0 Å². The number of ether oxygens (including phenoxy) is 1. The Bertz CT molecular complexity index is 522. The summed E-state index contributed by atoms with van der Waals surface area (Å²) in [5.41, 5.74) is 4.33. The molecular formula is C13H18FN3O4. The second-order valence-electron chi connectivity index (χ2n) is 4.37. The van der Waals surface area contributed by atoms with Gasteiger partial charge >= 0.3 is 0 Å². The number of nitrogens with zero attached hydrogens (tertiary/aromatic N) is 1. The monoisotopic (exact) mass is 299 g/mol. The average molecular weight is 299 g/mol. The fourth-order valence-corrected chi connectivity index (χ4v) is 1.66. The quantitative estimate of drug-likeness (QED) is 0.330. The predicted molar refractivity (Wildman–Crippen MR) is 75.5 cm³/mol. The minimum Gasteiger partial charge on any atom is -0.393 e. The number of carbonyl (C=O) groups is 1. The van der Waals surface area contributed by atoms with E-state index in [2.05, 4.69) is 5.32 Å². The lowest BCUT2D eigenvalue weighted by Crippen LogP contribution is -2.26. The highest BCUT2D eigenvalue weighted by molar-refractivity contribution is 6.01. The van der Waals surface area contributed by atoms with Crippen molar-refractivity contribution in [3.63, 3.8) is 0 Å². The van der Waals surface area contributed by atoms with Gasteiger partial charge in [0.25, 0.3) is 11.6 Å². The molecule has 1 aromatic rings. The molecule has 0 atom stereocenters. The molecule has 0 bridgehead atoms. The predicted octanol–water partition coefficient (Wildman–Crippen LogP) is 1.86. The number of nitrogens with one attached hydrogen (secondary N) is 1. The van der Waals surface area contributed by atoms with Crippen LogP contribution in [0, 0.1) is 15.9 Å². The first-order valence-corrected chi connectivity index (χ1v) is 6.56. The second kappa shape index (κ2) is 8.15. The number of hydrogen-bond acceptors (Lipinski definition) is 5. The van der Waals surface area contributed by atoms with Crippen molar-refractivity contribution in [3.8, 4) is 0 Å². The largest absolute Gasteiger partial charge is 0.393 e. The van der Waals surface area contributed by atoms with E-state index in [1.165, 1.54) is 0 Å². The van der Waals surface area contributed by atoms with Gasteiger partial charge in [0.05, 0.1) is 16.6 Å². The van der Waals surface area contributed by atoms with Crippen molar-refractivity contribution in [2.75, 3.05) is 25.5 Å². The molecule has 1 rings (SSSR count). The third kappa shape index (κ3) is 4.99. The molecule has 7 nitrogen and oxygen atoms in total. The fraction of sp³-hybridized carbons (Fsp3) is 0.462. The lowest BCUT2D eigenvalue weighted by Gasteiger charge is -2.08. The summed E-state index contributed by atoms with van der Waals surface area (Å²) in [6, 6.07) is 1.57. The zero-order chi connectivity index (χ0) is 15.8. The molecular weight excluding hydrogens is 281 g/mol. The van der Waals surface area contributed by atoms with Gasteiger partial charge < -0.3 is 15.8 Å². The smallest absolute Gasteiger partial charge is 0.295 e. The molecule has 1 amide bonds. The van der Waals surface area contributed by atoms with Gasteiger partial charge in [0.1, 0.15) is 11.5 Å². The highest BCUT2D eigenvalue weighted by atomic mass is 19.1. The first-order valence-electron chi connectivity index (χ1n) is 6.56. The summed E-state index contributed by atoms with van der Waals surface area (Å²) < 4.78 is 18.5. The van der Waals surface area contributed by atoms with Crippen LogP contribution in [0.4, 0.5) is 15.8 Å². The summed E-state index contributed by atoms with van der Waals surface area (Å²) in [4.78, 5) is 21.8. The molecule has 0 aromatic heterocycles. The van der Waals surface area contributed by atoms with Crippen LogP contribution in [0.1, 0.15) is 30.1 Å². The van der Waals surface area contributed by atoms with E-state index in [1.54, 1.807) is 0 Å². The van der Waals surface area contributed by atoms with E-state index in [-0.39, 0.29) is 11.3 Å².